The summed E-state index contributed by atoms with van der Waals surface area (Å²) in [5.74, 6) is 0. The Balaban J connectivity index is 1.84. The first-order valence-electron chi connectivity index (χ1n) is 8.39. The number of rotatable bonds is 5. The van der Waals surface area contributed by atoms with Crippen molar-refractivity contribution < 1.29 is 16.8 Å². The van der Waals surface area contributed by atoms with E-state index in [9.17, 15) is 16.8 Å². The van der Waals surface area contributed by atoms with E-state index >= 15 is 0 Å². The number of piperidine rings is 1. The monoisotopic (exact) mass is 394 g/mol. The lowest BCUT2D eigenvalue weighted by atomic mass is 10.1. The maximum atomic E-state index is 13.2. The maximum Gasteiger partial charge on any atom is 0.243 e. The van der Waals surface area contributed by atoms with Crippen LogP contribution in [0.15, 0.2) is 59.5 Å². The van der Waals surface area contributed by atoms with Gasteiger partial charge in [0.25, 0.3) is 0 Å². The summed E-state index contributed by atoms with van der Waals surface area (Å²) in [7, 11) is -6.94. The molecule has 1 aliphatic heterocycles. The summed E-state index contributed by atoms with van der Waals surface area (Å²) in [4.78, 5) is 0.278. The largest absolute Gasteiger partial charge is 0.243 e. The Morgan fingerprint density at radius 1 is 0.885 bits per heavy atom. The molecule has 0 atom stereocenters. The van der Waals surface area contributed by atoms with Crippen LogP contribution in [0.25, 0.3) is 11.1 Å². The maximum absolute atomic E-state index is 13.2. The van der Waals surface area contributed by atoms with E-state index in [0.717, 1.165) is 11.8 Å². The Labute approximate surface area is 155 Å². The summed E-state index contributed by atoms with van der Waals surface area (Å²) in [6.45, 7) is 0.581. The molecule has 140 valence electrons. The molecule has 0 aliphatic carbocycles. The van der Waals surface area contributed by atoms with Crippen molar-refractivity contribution in [2.75, 3.05) is 19.3 Å². The number of hydrogen-bond acceptors (Lipinski definition) is 4. The van der Waals surface area contributed by atoms with Crippen LogP contribution in [-0.4, -0.2) is 46.5 Å². The van der Waals surface area contributed by atoms with E-state index in [1.807, 2.05) is 36.4 Å². The normalized spacial score (nSPS) is 17.3. The first-order chi connectivity index (χ1) is 12.3. The number of benzene rings is 2. The Morgan fingerprint density at radius 3 is 2.08 bits per heavy atom. The molecule has 6 nitrogen and oxygen atoms in total. The molecule has 0 aromatic heterocycles. The molecule has 2 aromatic rings. The van der Waals surface area contributed by atoms with Gasteiger partial charge in [-0.25, -0.2) is 21.6 Å². The molecule has 1 fully saturated rings. The van der Waals surface area contributed by atoms with Crippen molar-refractivity contribution in [2.45, 2.75) is 23.8 Å². The van der Waals surface area contributed by atoms with Gasteiger partial charge in [-0.15, -0.1) is 0 Å². The minimum Gasteiger partial charge on any atom is -0.213 e. The standard InChI is InChI=1S/C18H22N2O4S2/c1-25(21,22)19-16-11-13-20(14-12-16)26(23,24)18-10-6-5-9-17(18)15-7-3-2-4-8-15/h2-10,16,19H,11-14H2,1H3. The summed E-state index contributed by atoms with van der Waals surface area (Å²) < 4.78 is 53.0. The SMILES string of the molecule is CS(=O)(=O)NC1CCN(S(=O)(=O)c2ccccc2-c2ccccc2)CC1. The zero-order chi connectivity index (χ0) is 18.8. The van der Waals surface area contributed by atoms with E-state index in [0.29, 0.717) is 31.5 Å². The quantitative estimate of drug-likeness (QED) is 0.841. The van der Waals surface area contributed by atoms with Crippen LogP contribution in [0, 0.1) is 0 Å². The molecule has 0 unspecified atom stereocenters. The lowest BCUT2D eigenvalue weighted by Gasteiger charge is -2.31. The highest BCUT2D eigenvalue weighted by Crippen LogP contribution is 2.30. The molecule has 8 heteroatoms. The van der Waals surface area contributed by atoms with E-state index in [2.05, 4.69) is 4.72 Å². The highest BCUT2D eigenvalue weighted by atomic mass is 32.2. The van der Waals surface area contributed by atoms with E-state index < -0.39 is 20.0 Å². The van der Waals surface area contributed by atoms with Gasteiger partial charge < -0.3 is 0 Å². The fraction of sp³-hybridized carbons (Fsp3) is 0.333. The lowest BCUT2D eigenvalue weighted by molar-refractivity contribution is 0.309. The van der Waals surface area contributed by atoms with Crippen molar-refractivity contribution in [3.05, 3.63) is 54.6 Å². The van der Waals surface area contributed by atoms with Gasteiger partial charge in [-0.2, -0.15) is 4.31 Å². The second-order valence-electron chi connectivity index (χ2n) is 6.43. The van der Waals surface area contributed by atoms with Gasteiger partial charge in [-0.1, -0.05) is 48.5 Å². The number of sulfonamides is 2. The van der Waals surface area contributed by atoms with Gasteiger partial charge in [-0.05, 0) is 24.5 Å². The summed E-state index contributed by atoms with van der Waals surface area (Å²) in [6, 6.07) is 16.2. The van der Waals surface area contributed by atoms with Crippen LogP contribution in [0.1, 0.15) is 12.8 Å². The zero-order valence-electron chi connectivity index (χ0n) is 14.5. The third-order valence-electron chi connectivity index (χ3n) is 4.42. The van der Waals surface area contributed by atoms with Crippen LogP contribution < -0.4 is 4.72 Å². The molecule has 0 spiro atoms. The van der Waals surface area contributed by atoms with Crippen LogP contribution in [0.3, 0.4) is 0 Å². The smallest absolute Gasteiger partial charge is 0.213 e. The first-order valence-corrected chi connectivity index (χ1v) is 11.7. The molecule has 1 heterocycles. The molecule has 3 rings (SSSR count). The fourth-order valence-corrected chi connectivity index (χ4v) is 5.73. The van der Waals surface area contributed by atoms with E-state index in [-0.39, 0.29) is 10.9 Å². The third kappa shape index (κ3) is 4.32. The first kappa shape index (κ1) is 19.0. The van der Waals surface area contributed by atoms with Crippen molar-refractivity contribution in [3.63, 3.8) is 0 Å². The third-order valence-corrected chi connectivity index (χ3v) is 7.14. The van der Waals surface area contributed by atoms with E-state index in [1.54, 1.807) is 18.2 Å². The van der Waals surface area contributed by atoms with Crippen LogP contribution >= 0.6 is 0 Å². The molecule has 1 aliphatic rings. The predicted octanol–water partition coefficient (Wildman–Crippen LogP) is 2.06. The van der Waals surface area contributed by atoms with Gasteiger partial charge in [0.1, 0.15) is 0 Å². The van der Waals surface area contributed by atoms with Gasteiger partial charge in [0.2, 0.25) is 20.0 Å². The van der Waals surface area contributed by atoms with Crippen LogP contribution in [-0.2, 0) is 20.0 Å². The van der Waals surface area contributed by atoms with Gasteiger partial charge in [0, 0.05) is 24.7 Å². The molecule has 0 saturated carbocycles. The Bertz CT molecular complexity index is 965. The average molecular weight is 395 g/mol. The van der Waals surface area contributed by atoms with E-state index in [1.165, 1.54) is 4.31 Å². The van der Waals surface area contributed by atoms with Crippen LogP contribution in [0.4, 0.5) is 0 Å². The van der Waals surface area contributed by atoms with Gasteiger partial charge in [-0.3, -0.25) is 0 Å². The van der Waals surface area contributed by atoms with Gasteiger partial charge in [0.15, 0.2) is 0 Å². The molecule has 2 aromatic carbocycles. The Hall–Kier alpha value is -1.74. The van der Waals surface area contributed by atoms with Crippen molar-refractivity contribution >= 4 is 20.0 Å². The summed E-state index contributed by atoms with van der Waals surface area (Å²) in [5, 5.41) is 0. The molecule has 1 saturated heterocycles. The predicted molar refractivity (Wildman–Crippen MR) is 102 cm³/mol. The minimum atomic E-state index is -3.65. The number of nitrogens with one attached hydrogen (secondary N) is 1. The molecule has 0 bridgehead atoms. The van der Waals surface area contributed by atoms with Gasteiger partial charge in [0.05, 0.1) is 11.2 Å². The second-order valence-corrected chi connectivity index (χ2v) is 10.1. The molecule has 0 radical (unpaired) electrons. The van der Waals surface area contributed by atoms with Crippen molar-refractivity contribution in [1.29, 1.82) is 0 Å². The average Bonchev–Trinajstić information content (AvgIpc) is 2.61. The number of nitrogens with zero attached hydrogens (tertiary/aromatic N) is 1. The van der Waals surface area contributed by atoms with Crippen LogP contribution in [0.2, 0.25) is 0 Å². The van der Waals surface area contributed by atoms with Crippen LogP contribution in [0.5, 0.6) is 0 Å². The highest BCUT2D eigenvalue weighted by molar-refractivity contribution is 7.89. The summed E-state index contributed by atoms with van der Waals surface area (Å²) in [6.07, 6.45) is 2.03. The lowest BCUT2D eigenvalue weighted by Crippen LogP contribution is -2.46. The minimum absolute atomic E-state index is 0.221. The second kappa shape index (κ2) is 7.48. The van der Waals surface area contributed by atoms with Crippen molar-refractivity contribution in [1.82, 2.24) is 9.03 Å². The molecular formula is C18H22N2O4S2. The highest BCUT2D eigenvalue weighted by Gasteiger charge is 2.31. The zero-order valence-corrected chi connectivity index (χ0v) is 16.1. The fourth-order valence-electron chi connectivity index (χ4n) is 3.20. The summed E-state index contributed by atoms with van der Waals surface area (Å²) in [5.41, 5.74) is 1.52. The molecule has 1 N–H and O–H groups in total. The molecule has 26 heavy (non-hydrogen) atoms. The Morgan fingerprint density at radius 2 is 1.46 bits per heavy atom. The van der Waals surface area contributed by atoms with Crippen molar-refractivity contribution in [3.8, 4) is 11.1 Å². The molecule has 0 amide bonds. The topological polar surface area (TPSA) is 83.6 Å². The Kier molecular flexibility index (Phi) is 5.47. The van der Waals surface area contributed by atoms with Crippen molar-refractivity contribution in [2.24, 2.45) is 0 Å². The van der Waals surface area contributed by atoms with E-state index in [4.69, 9.17) is 0 Å². The number of hydrogen-bond donors (Lipinski definition) is 1. The van der Waals surface area contributed by atoms with Gasteiger partial charge >= 0.3 is 0 Å². The summed E-state index contributed by atoms with van der Waals surface area (Å²) >= 11 is 0. The molecular weight excluding hydrogens is 372 g/mol.